The second-order valence-electron chi connectivity index (χ2n) is 5.26. The molecule has 0 radical (unpaired) electrons. The molecule has 0 saturated carbocycles. The number of likely N-dealkylation sites (tertiary alicyclic amines) is 1. The van der Waals surface area contributed by atoms with Gasteiger partial charge in [-0.25, -0.2) is 4.79 Å². The lowest BCUT2D eigenvalue weighted by molar-refractivity contribution is -0.00392. The minimum atomic E-state index is -0.590. The molecule has 21 heavy (non-hydrogen) atoms. The summed E-state index contributed by atoms with van der Waals surface area (Å²) < 4.78 is 10.4. The van der Waals surface area contributed by atoms with Crippen LogP contribution in [0.1, 0.15) is 24.8 Å². The Hall–Kier alpha value is -1.59. The van der Waals surface area contributed by atoms with Gasteiger partial charge in [0.05, 0.1) is 0 Å². The largest absolute Gasteiger partial charge is 0.508 e. The van der Waals surface area contributed by atoms with E-state index in [4.69, 9.17) is 14.6 Å². The van der Waals surface area contributed by atoms with Crippen molar-refractivity contribution in [1.29, 1.82) is 0 Å². The molecular formula is C16H23NO4. The van der Waals surface area contributed by atoms with Crippen LogP contribution in [0.15, 0.2) is 30.3 Å². The van der Waals surface area contributed by atoms with Crippen LogP contribution in [-0.4, -0.2) is 48.5 Å². The Bertz CT molecular complexity index is 416. The lowest BCUT2D eigenvalue weighted by atomic mass is 10.1. The van der Waals surface area contributed by atoms with E-state index in [9.17, 15) is 4.79 Å². The van der Waals surface area contributed by atoms with Gasteiger partial charge in [0.25, 0.3) is 0 Å². The molecule has 1 aromatic rings. The fourth-order valence-corrected chi connectivity index (χ4v) is 2.43. The van der Waals surface area contributed by atoms with Gasteiger partial charge >= 0.3 is 6.16 Å². The van der Waals surface area contributed by atoms with E-state index in [2.05, 4.69) is 4.90 Å². The predicted octanol–water partition coefficient (Wildman–Crippen LogP) is 2.19. The van der Waals surface area contributed by atoms with Crippen LogP contribution < -0.4 is 0 Å². The van der Waals surface area contributed by atoms with Gasteiger partial charge in [-0.15, -0.1) is 0 Å². The van der Waals surface area contributed by atoms with Crippen LogP contribution >= 0.6 is 0 Å². The van der Waals surface area contributed by atoms with E-state index in [1.54, 1.807) is 0 Å². The predicted molar refractivity (Wildman–Crippen MR) is 78.9 cm³/mol. The van der Waals surface area contributed by atoms with E-state index >= 15 is 0 Å². The van der Waals surface area contributed by atoms with E-state index in [-0.39, 0.29) is 19.3 Å². The first kappa shape index (κ1) is 15.8. The molecule has 0 aliphatic carbocycles. The third-order valence-corrected chi connectivity index (χ3v) is 3.63. The number of carbonyl (C=O) groups excluding carboxylic acids is 1. The fourth-order valence-electron chi connectivity index (χ4n) is 2.43. The van der Waals surface area contributed by atoms with Crippen molar-refractivity contribution < 1.29 is 19.4 Å². The van der Waals surface area contributed by atoms with E-state index < -0.39 is 6.16 Å². The molecule has 5 nitrogen and oxygen atoms in total. The van der Waals surface area contributed by atoms with Gasteiger partial charge in [0.15, 0.2) is 0 Å². The van der Waals surface area contributed by atoms with E-state index in [1.165, 1.54) is 0 Å². The summed E-state index contributed by atoms with van der Waals surface area (Å²) in [7, 11) is 0. The maximum Gasteiger partial charge on any atom is 0.508 e. The van der Waals surface area contributed by atoms with Crippen molar-refractivity contribution in [1.82, 2.24) is 4.90 Å². The summed E-state index contributed by atoms with van der Waals surface area (Å²) in [6, 6.07) is 9.56. The summed E-state index contributed by atoms with van der Waals surface area (Å²) in [5, 5.41) is 8.81. The number of hydrogen-bond donors (Lipinski definition) is 1. The van der Waals surface area contributed by atoms with Crippen LogP contribution in [0.5, 0.6) is 0 Å². The van der Waals surface area contributed by atoms with Gasteiger partial charge in [0.2, 0.25) is 0 Å². The Morgan fingerprint density at radius 3 is 2.62 bits per heavy atom. The Morgan fingerprint density at radius 2 is 1.95 bits per heavy atom. The lowest BCUT2D eigenvalue weighted by Gasteiger charge is -2.31. The smallest absolute Gasteiger partial charge is 0.431 e. The van der Waals surface area contributed by atoms with Crippen LogP contribution in [0.25, 0.3) is 0 Å². The highest BCUT2D eigenvalue weighted by atomic mass is 16.7. The van der Waals surface area contributed by atoms with Gasteiger partial charge in [-0.05, 0) is 24.8 Å². The summed E-state index contributed by atoms with van der Waals surface area (Å²) in [6.07, 6.45) is 1.80. The third kappa shape index (κ3) is 5.73. The Balaban J connectivity index is 1.63. The van der Waals surface area contributed by atoms with Crippen molar-refractivity contribution in [2.75, 3.05) is 26.2 Å². The summed E-state index contributed by atoms with van der Waals surface area (Å²) in [5.74, 6) is 0. The van der Waals surface area contributed by atoms with Gasteiger partial charge in [-0.3, -0.25) is 0 Å². The number of rotatable bonds is 6. The molecule has 2 rings (SSSR count). The minimum Gasteiger partial charge on any atom is -0.431 e. The maximum atomic E-state index is 11.6. The summed E-state index contributed by atoms with van der Waals surface area (Å²) in [4.78, 5) is 13.9. The topological polar surface area (TPSA) is 59.0 Å². The molecule has 116 valence electrons. The number of aliphatic hydroxyl groups excluding tert-OH is 1. The second-order valence-corrected chi connectivity index (χ2v) is 5.26. The van der Waals surface area contributed by atoms with Crippen molar-refractivity contribution >= 4 is 6.16 Å². The maximum absolute atomic E-state index is 11.6. The van der Waals surface area contributed by atoms with Crippen LogP contribution in [0.4, 0.5) is 4.79 Å². The number of benzene rings is 1. The molecular weight excluding hydrogens is 270 g/mol. The van der Waals surface area contributed by atoms with Crippen LogP contribution in [-0.2, 0) is 16.1 Å². The van der Waals surface area contributed by atoms with Gasteiger partial charge in [0, 0.05) is 26.2 Å². The first-order chi connectivity index (χ1) is 10.3. The van der Waals surface area contributed by atoms with Crippen LogP contribution in [0, 0.1) is 0 Å². The number of aliphatic hydroxyl groups is 1. The van der Waals surface area contributed by atoms with Crippen LogP contribution in [0.3, 0.4) is 0 Å². The molecule has 1 heterocycles. The number of ether oxygens (including phenoxy) is 2. The molecule has 1 aliphatic rings. The molecule has 1 N–H and O–H groups in total. The standard InChI is InChI=1S/C16H23NO4/c18-12-4-9-17-10-7-15(8-11-17)21-16(19)20-13-14-5-2-1-3-6-14/h1-3,5-6,15,18H,4,7-13H2. The SMILES string of the molecule is O=C(OCc1ccccc1)OC1CCN(CCCO)CC1. The molecule has 1 aromatic carbocycles. The molecule has 5 heteroatoms. The van der Waals surface area contributed by atoms with Crippen LogP contribution in [0.2, 0.25) is 0 Å². The van der Waals surface area contributed by atoms with Crippen molar-refractivity contribution in [3.05, 3.63) is 35.9 Å². The van der Waals surface area contributed by atoms with Gasteiger partial charge in [-0.1, -0.05) is 30.3 Å². The molecule has 0 unspecified atom stereocenters. The first-order valence-electron chi connectivity index (χ1n) is 7.48. The molecule has 0 amide bonds. The van der Waals surface area contributed by atoms with Gasteiger partial charge in [0.1, 0.15) is 12.7 Å². The molecule has 0 bridgehead atoms. The average Bonchev–Trinajstić information content (AvgIpc) is 2.53. The number of carbonyl (C=O) groups is 1. The fraction of sp³-hybridized carbons (Fsp3) is 0.562. The molecule has 0 spiro atoms. The van der Waals surface area contributed by atoms with E-state index in [1.807, 2.05) is 30.3 Å². The molecule has 1 aliphatic heterocycles. The monoisotopic (exact) mass is 293 g/mol. The summed E-state index contributed by atoms with van der Waals surface area (Å²) in [6.45, 7) is 3.17. The Labute approximate surface area is 125 Å². The highest BCUT2D eigenvalue weighted by Gasteiger charge is 2.22. The van der Waals surface area contributed by atoms with Crippen molar-refractivity contribution in [2.24, 2.45) is 0 Å². The normalized spacial score (nSPS) is 16.6. The van der Waals surface area contributed by atoms with Gasteiger partial charge < -0.3 is 19.5 Å². The zero-order valence-electron chi connectivity index (χ0n) is 12.2. The number of nitrogens with zero attached hydrogens (tertiary/aromatic N) is 1. The van der Waals surface area contributed by atoms with Crippen molar-refractivity contribution in [3.63, 3.8) is 0 Å². The molecule has 0 atom stereocenters. The van der Waals surface area contributed by atoms with Gasteiger partial charge in [-0.2, -0.15) is 0 Å². The first-order valence-corrected chi connectivity index (χ1v) is 7.48. The zero-order valence-corrected chi connectivity index (χ0v) is 12.2. The minimum absolute atomic E-state index is 0.0568. The number of piperidine rings is 1. The number of hydrogen-bond acceptors (Lipinski definition) is 5. The Morgan fingerprint density at radius 1 is 1.24 bits per heavy atom. The molecule has 0 aromatic heterocycles. The van der Waals surface area contributed by atoms with Crippen molar-refractivity contribution in [3.8, 4) is 0 Å². The molecule has 1 saturated heterocycles. The molecule has 1 fully saturated rings. The lowest BCUT2D eigenvalue weighted by Crippen LogP contribution is -2.38. The van der Waals surface area contributed by atoms with Crippen molar-refractivity contribution in [2.45, 2.75) is 32.0 Å². The Kier molecular flexibility index (Phi) is 6.50. The third-order valence-electron chi connectivity index (χ3n) is 3.63. The quantitative estimate of drug-likeness (QED) is 0.815. The average molecular weight is 293 g/mol. The second kappa shape index (κ2) is 8.64. The van der Waals surface area contributed by atoms with E-state index in [0.29, 0.717) is 0 Å². The highest BCUT2D eigenvalue weighted by Crippen LogP contribution is 2.15. The summed E-state index contributed by atoms with van der Waals surface area (Å²) >= 11 is 0. The summed E-state index contributed by atoms with van der Waals surface area (Å²) in [5.41, 5.74) is 0.952. The van der Waals surface area contributed by atoms with E-state index in [0.717, 1.165) is 44.5 Å². The highest BCUT2D eigenvalue weighted by molar-refractivity contribution is 5.60. The zero-order chi connectivity index (χ0) is 14.9.